The molecule has 222 valence electrons. The molecule has 0 saturated carbocycles. The van der Waals surface area contributed by atoms with E-state index >= 15 is 0 Å². The molecule has 0 atom stereocenters. The minimum absolute atomic E-state index is 0.261. The van der Waals surface area contributed by atoms with Crippen molar-refractivity contribution in [1.82, 2.24) is 14.9 Å². The number of rotatable bonds is 12. The summed E-state index contributed by atoms with van der Waals surface area (Å²) in [6, 6.07) is 16.5. The third-order valence-corrected chi connectivity index (χ3v) is 8.14. The number of methoxy groups -OCH3 is 1. The van der Waals surface area contributed by atoms with E-state index in [0.29, 0.717) is 35.2 Å². The molecule has 11 nitrogen and oxygen atoms in total. The summed E-state index contributed by atoms with van der Waals surface area (Å²) in [5.74, 6) is 5.32. The molecule has 2 aromatic carbocycles. The first-order valence-electron chi connectivity index (χ1n) is 13.2. The summed E-state index contributed by atoms with van der Waals surface area (Å²) >= 11 is 8.35. The minimum atomic E-state index is -3.48. The molecule has 0 unspecified atom stereocenters. The monoisotopic (exact) mass is 629 g/mol. The Morgan fingerprint density at radius 1 is 1.02 bits per heavy atom. The van der Waals surface area contributed by atoms with E-state index in [2.05, 4.69) is 35.5 Å². The number of nitrogens with zero attached hydrogens (tertiary/aromatic N) is 3. The van der Waals surface area contributed by atoms with E-state index < -0.39 is 10.0 Å². The number of hydrogen-bond donors (Lipinski definition) is 4. The smallest absolute Gasteiger partial charge is 0.229 e. The van der Waals surface area contributed by atoms with Crippen LogP contribution < -0.4 is 25.4 Å². The average molecular weight is 630 g/mol. The van der Waals surface area contributed by atoms with Crippen molar-refractivity contribution in [1.29, 1.82) is 0 Å². The van der Waals surface area contributed by atoms with Gasteiger partial charge in [0, 0.05) is 36.3 Å². The molecule has 3 heterocycles. The van der Waals surface area contributed by atoms with Crippen molar-refractivity contribution in [2.24, 2.45) is 0 Å². The van der Waals surface area contributed by atoms with Crippen LogP contribution >= 0.6 is 23.4 Å². The van der Waals surface area contributed by atoms with Gasteiger partial charge in [0.15, 0.2) is 5.82 Å². The van der Waals surface area contributed by atoms with Gasteiger partial charge in [0.2, 0.25) is 16.0 Å². The molecule has 0 amide bonds. The van der Waals surface area contributed by atoms with Gasteiger partial charge in [-0.3, -0.25) is 9.62 Å². The Bertz CT molecular complexity index is 1630. The van der Waals surface area contributed by atoms with Crippen LogP contribution in [0.15, 0.2) is 65.2 Å². The lowest BCUT2D eigenvalue weighted by Crippen LogP contribution is -2.31. The second kappa shape index (κ2) is 13.6. The Morgan fingerprint density at radius 2 is 1.79 bits per heavy atom. The topological polar surface area (TPSA) is 134 Å². The van der Waals surface area contributed by atoms with E-state index in [1.54, 1.807) is 31.4 Å². The van der Waals surface area contributed by atoms with E-state index in [1.165, 1.54) is 17.7 Å². The minimum Gasteiger partial charge on any atom is -0.494 e. The van der Waals surface area contributed by atoms with Crippen LogP contribution in [0.4, 0.5) is 34.5 Å². The molecule has 0 radical (unpaired) electrons. The Morgan fingerprint density at radius 3 is 2.55 bits per heavy atom. The predicted octanol–water partition coefficient (Wildman–Crippen LogP) is 5.75. The van der Waals surface area contributed by atoms with Crippen molar-refractivity contribution < 1.29 is 17.6 Å². The number of benzene rings is 2. The Labute approximate surface area is 254 Å². The molecule has 4 aromatic rings. The van der Waals surface area contributed by atoms with Crippen LogP contribution in [0.1, 0.15) is 11.5 Å². The molecule has 1 aliphatic rings. The van der Waals surface area contributed by atoms with Gasteiger partial charge in [-0.25, -0.2) is 13.4 Å². The van der Waals surface area contributed by atoms with Crippen LogP contribution in [0.5, 0.6) is 5.75 Å². The van der Waals surface area contributed by atoms with Crippen molar-refractivity contribution in [2.45, 2.75) is 13.1 Å². The first-order chi connectivity index (χ1) is 20.3. The van der Waals surface area contributed by atoms with Gasteiger partial charge in [0.05, 0.1) is 49.7 Å². The maximum absolute atomic E-state index is 11.8. The summed E-state index contributed by atoms with van der Waals surface area (Å²) in [6.45, 7) is 3.56. The van der Waals surface area contributed by atoms with Gasteiger partial charge in [0.1, 0.15) is 22.3 Å². The molecule has 42 heavy (non-hydrogen) atoms. The van der Waals surface area contributed by atoms with Gasteiger partial charge in [-0.1, -0.05) is 23.7 Å². The van der Waals surface area contributed by atoms with E-state index in [-0.39, 0.29) is 11.0 Å². The van der Waals surface area contributed by atoms with E-state index in [9.17, 15) is 8.42 Å². The van der Waals surface area contributed by atoms with Gasteiger partial charge in [-0.05, 0) is 36.4 Å². The summed E-state index contributed by atoms with van der Waals surface area (Å²) in [7, 11) is -1.89. The van der Waals surface area contributed by atoms with Gasteiger partial charge in [-0.2, -0.15) is 16.7 Å². The summed E-state index contributed by atoms with van der Waals surface area (Å²) < 4.78 is 37.7. The van der Waals surface area contributed by atoms with Crippen molar-refractivity contribution >= 4 is 67.9 Å². The molecule has 2 aromatic heterocycles. The van der Waals surface area contributed by atoms with Crippen LogP contribution in [0.25, 0.3) is 0 Å². The zero-order chi connectivity index (χ0) is 29.5. The van der Waals surface area contributed by atoms with Gasteiger partial charge >= 0.3 is 0 Å². The molecule has 14 heteroatoms. The summed E-state index contributed by atoms with van der Waals surface area (Å²) in [4.78, 5) is 11.2. The molecule has 1 aliphatic heterocycles. The molecule has 0 bridgehead atoms. The van der Waals surface area contributed by atoms with E-state index in [4.69, 9.17) is 20.8 Å². The lowest BCUT2D eigenvalue weighted by molar-refractivity contribution is 0.265. The largest absolute Gasteiger partial charge is 0.494 e. The molecule has 0 spiro atoms. The van der Waals surface area contributed by atoms with E-state index in [0.717, 1.165) is 43.1 Å². The summed E-state index contributed by atoms with van der Waals surface area (Å²) in [5.41, 5.74) is 2.35. The zero-order valence-corrected chi connectivity index (χ0v) is 25.6. The number of aromatic nitrogens is 2. The third kappa shape index (κ3) is 8.22. The molecule has 4 N–H and O–H groups in total. The number of anilines is 6. The van der Waals surface area contributed by atoms with Crippen molar-refractivity contribution in [2.75, 3.05) is 58.6 Å². The maximum atomic E-state index is 11.8. The standard InChI is InChI=1S/C28H32ClN7O4S2/c1-39-26-15-19(30-16-20-8-9-21(40-20)18-36-11-13-41-14-12-36)7-10-25(26)33-28-31-17-22(29)27(34-28)32-23-5-3-4-6-24(23)35-42(2,37)38/h3-10,15,17,30,35H,11-14,16,18H2,1-2H3,(H2,31,32,33,34). The van der Waals surface area contributed by atoms with Crippen LogP contribution in [0.3, 0.4) is 0 Å². The molecule has 1 saturated heterocycles. The van der Waals surface area contributed by atoms with Crippen LogP contribution in [-0.2, 0) is 23.1 Å². The fraction of sp³-hybridized carbons (Fsp3) is 0.286. The fourth-order valence-electron chi connectivity index (χ4n) is 4.32. The first-order valence-corrected chi connectivity index (χ1v) is 16.6. The quantitative estimate of drug-likeness (QED) is 0.153. The fourth-order valence-corrected chi connectivity index (χ4v) is 6.01. The Kier molecular flexibility index (Phi) is 9.62. The lowest BCUT2D eigenvalue weighted by atomic mass is 10.2. The average Bonchev–Trinajstić information content (AvgIpc) is 3.42. The first kappa shape index (κ1) is 29.8. The van der Waals surface area contributed by atoms with Crippen LogP contribution in [0, 0.1) is 0 Å². The van der Waals surface area contributed by atoms with Gasteiger partial charge in [-0.15, -0.1) is 0 Å². The van der Waals surface area contributed by atoms with Gasteiger partial charge in [0.25, 0.3) is 0 Å². The van der Waals surface area contributed by atoms with Crippen molar-refractivity contribution in [3.8, 4) is 5.75 Å². The number of sulfonamides is 1. The summed E-state index contributed by atoms with van der Waals surface area (Å²) in [5, 5.41) is 9.89. The number of hydrogen-bond acceptors (Lipinski definition) is 11. The highest BCUT2D eigenvalue weighted by atomic mass is 35.5. The summed E-state index contributed by atoms with van der Waals surface area (Å²) in [6.07, 6.45) is 2.54. The normalized spacial score (nSPS) is 13.9. The third-order valence-electron chi connectivity index (χ3n) is 6.33. The van der Waals surface area contributed by atoms with Gasteiger partial charge < -0.3 is 25.1 Å². The number of para-hydroxylation sites is 2. The molecular weight excluding hydrogens is 598 g/mol. The number of halogens is 1. The molecule has 5 rings (SSSR count). The maximum Gasteiger partial charge on any atom is 0.229 e. The SMILES string of the molecule is COc1cc(NCc2ccc(CN3CCSCC3)o2)ccc1Nc1ncc(Cl)c(Nc2ccccc2NS(C)(=O)=O)n1. The molecule has 0 aliphatic carbocycles. The number of thioether (sulfide) groups is 1. The molecular formula is C28H32ClN7O4S2. The zero-order valence-electron chi connectivity index (χ0n) is 23.2. The lowest BCUT2D eigenvalue weighted by Gasteiger charge is -2.24. The number of ether oxygens (including phenoxy) is 1. The highest BCUT2D eigenvalue weighted by Crippen LogP contribution is 2.33. The van der Waals surface area contributed by atoms with E-state index in [1.807, 2.05) is 42.1 Å². The highest BCUT2D eigenvalue weighted by Gasteiger charge is 2.15. The highest BCUT2D eigenvalue weighted by molar-refractivity contribution is 7.99. The van der Waals surface area contributed by atoms with Crippen molar-refractivity contribution in [3.05, 3.63) is 77.3 Å². The Hall–Kier alpha value is -3.65. The Balaban J connectivity index is 1.24. The van der Waals surface area contributed by atoms with Crippen molar-refractivity contribution in [3.63, 3.8) is 0 Å². The number of furan rings is 1. The second-order valence-electron chi connectivity index (χ2n) is 9.59. The van der Waals surface area contributed by atoms with Crippen LogP contribution in [-0.4, -0.2) is 61.2 Å². The second-order valence-corrected chi connectivity index (χ2v) is 13.0. The number of nitrogens with one attached hydrogen (secondary N) is 4. The molecule has 1 fully saturated rings. The van der Waals surface area contributed by atoms with Crippen LogP contribution in [0.2, 0.25) is 5.02 Å². The predicted molar refractivity (Wildman–Crippen MR) is 170 cm³/mol.